The third-order valence-corrected chi connectivity index (χ3v) is 5.44. The minimum Gasteiger partial charge on any atom is -0.497 e. The van der Waals surface area contributed by atoms with Crippen LogP contribution in [0.3, 0.4) is 0 Å². The number of anilines is 1. The van der Waals surface area contributed by atoms with Crippen LogP contribution in [0.15, 0.2) is 54.6 Å². The lowest BCUT2D eigenvalue weighted by Gasteiger charge is -2.34. The zero-order valence-corrected chi connectivity index (χ0v) is 16.6. The molecule has 4 rings (SSSR count). The Morgan fingerprint density at radius 3 is 2.57 bits per heavy atom. The summed E-state index contributed by atoms with van der Waals surface area (Å²) in [4.78, 5) is 11.1. The van der Waals surface area contributed by atoms with Crippen LogP contribution in [0.5, 0.6) is 5.75 Å². The second-order valence-corrected chi connectivity index (χ2v) is 7.38. The molecule has 2 N–H and O–H groups in total. The minimum absolute atomic E-state index is 0.128. The van der Waals surface area contributed by atoms with Crippen molar-refractivity contribution in [1.82, 2.24) is 14.9 Å². The van der Waals surface area contributed by atoms with Gasteiger partial charge in [-0.3, -0.25) is 4.90 Å². The number of fused-ring (bicyclic) bond motifs is 1. The van der Waals surface area contributed by atoms with Crippen LogP contribution in [-0.4, -0.2) is 35.1 Å². The SMILES string of the molecule is COc1ccc(CCN2Cc3c(N)nc(Cl)nc3C(c3ccccc3)C2)cc1. The summed E-state index contributed by atoms with van der Waals surface area (Å²) in [5, 5.41) is 0.212. The average Bonchev–Trinajstić information content (AvgIpc) is 2.73. The van der Waals surface area contributed by atoms with E-state index in [4.69, 9.17) is 22.1 Å². The molecule has 0 saturated heterocycles. The molecule has 5 nitrogen and oxygen atoms in total. The molecule has 1 aromatic heterocycles. The normalized spacial score (nSPS) is 16.6. The van der Waals surface area contributed by atoms with Gasteiger partial charge in [0.05, 0.1) is 12.8 Å². The lowest BCUT2D eigenvalue weighted by Crippen LogP contribution is -2.37. The maximum atomic E-state index is 6.21. The van der Waals surface area contributed by atoms with E-state index < -0.39 is 0 Å². The maximum Gasteiger partial charge on any atom is 0.224 e. The quantitative estimate of drug-likeness (QED) is 0.664. The molecule has 28 heavy (non-hydrogen) atoms. The van der Waals surface area contributed by atoms with Gasteiger partial charge in [-0.05, 0) is 41.3 Å². The molecule has 2 heterocycles. The number of nitrogens with zero attached hydrogens (tertiary/aromatic N) is 3. The van der Waals surface area contributed by atoms with Crippen molar-refractivity contribution in [3.05, 3.63) is 82.3 Å². The van der Waals surface area contributed by atoms with Crippen LogP contribution >= 0.6 is 11.6 Å². The summed E-state index contributed by atoms with van der Waals surface area (Å²) >= 11 is 6.11. The van der Waals surface area contributed by atoms with Crippen LogP contribution in [0.4, 0.5) is 5.82 Å². The minimum atomic E-state index is 0.128. The smallest absolute Gasteiger partial charge is 0.224 e. The first kappa shape index (κ1) is 18.7. The predicted molar refractivity (Wildman–Crippen MR) is 112 cm³/mol. The molecule has 144 valence electrons. The van der Waals surface area contributed by atoms with E-state index in [1.807, 2.05) is 18.2 Å². The molecular formula is C22H23ClN4O. The molecule has 1 unspecified atom stereocenters. The van der Waals surface area contributed by atoms with E-state index >= 15 is 0 Å². The zero-order valence-electron chi connectivity index (χ0n) is 15.8. The molecule has 0 aliphatic carbocycles. The summed E-state index contributed by atoms with van der Waals surface area (Å²) in [6, 6.07) is 18.6. The molecule has 3 aromatic rings. The van der Waals surface area contributed by atoms with E-state index in [0.717, 1.165) is 43.1 Å². The maximum absolute atomic E-state index is 6.21. The second kappa shape index (κ2) is 8.17. The van der Waals surface area contributed by atoms with Gasteiger partial charge in [-0.2, -0.15) is 0 Å². The van der Waals surface area contributed by atoms with Crippen molar-refractivity contribution in [2.24, 2.45) is 0 Å². The average molecular weight is 395 g/mol. The molecule has 1 aliphatic rings. The van der Waals surface area contributed by atoms with E-state index in [1.165, 1.54) is 11.1 Å². The summed E-state index contributed by atoms with van der Waals surface area (Å²) in [7, 11) is 1.68. The number of rotatable bonds is 5. The van der Waals surface area contributed by atoms with E-state index in [9.17, 15) is 0 Å². The number of ether oxygens (including phenoxy) is 1. The van der Waals surface area contributed by atoms with Crippen molar-refractivity contribution >= 4 is 17.4 Å². The standard InChI is InChI=1S/C22H23ClN4O/c1-28-17-9-7-15(8-10-17)11-12-27-13-18(16-5-3-2-4-6-16)20-19(14-27)21(24)26-22(23)25-20/h2-10,18H,11-14H2,1H3,(H2,24,25,26). The molecule has 0 bridgehead atoms. The number of hydrogen-bond donors (Lipinski definition) is 1. The van der Waals surface area contributed by atoms with Crippen molar-refractivity contribution < 1.29 is 4.74 Å². The molecule has 0 amide bonds. The number of aromatic nitrogens is 2. The second-order valence-electron chi connectivity index (χ2n) is 7.04. The topological polar surface area (TPSA) is 64.3 Å². The van der Waals surface area contributed by atoms with Crippen molar-refractivity contribution in [3.8, 4) is 5.75 Å². The highest BCUT2D eigenvalue weighted by Gasteiger charge is 2.30. The predicted octanol–water partition coefficient (Wildman–Crippen LogP) is 3.91. The molecule has 2 aromatic carbocycles. The number of nitrogens with two attached hydrogens (primary N) is 1. The highest BCUT2D eigenvalue weighted by molar-refractivity contribution is 6.28. The van der Waals surface area contributed by atoms with Gasteiger partial charge in [0.25, 0.3) is 0 Å². The molecule has 1 atom stereocenters. The van der Waals surface area contributed by atoms with Crippen LogP contribution < -0.4 is 10.5 Å². The van der Waals surface area contributed by atoms with E-state index in [2.05, 4.69) is 51.3 Å². The molecular weight excluding hydrogens is 372 g/mol. The van der Waals surface area contributed by atoms with Crippen molar-refractivity contribution in [2.75, 3.05) is 25.9 Å². The van der Waals surface area contributed by atoms with Crippen LogP contribution in [0.1, 0.15) is 28.3 Å². The van der Waals surface area contributed by atoms with Gasteiger partial charge < -0.3 is 10.5 Å². The van der Waals surface area contributed by atoms with Crippen molar-refractivity contribution in [3.63, 3.8) is 0 Å². The van der Waals surface area contributed by atoms with Gasteiger partial charge in [-0.25, -0.2) is 9.97 Å². The van der Waals surface area contributed by atoms with Gasteiger partial charge >= 0.3 is 0 Å². The number of hydrogen-bond acceptors (Lipinski definition) is 5. The molecule has 6 heteroatoms. The van der Waals surface area contributed by atoms with Crippen LogP contribution in [-0.2, 0) is 13.0 Å². The first-order chi connectivity index (χ1) is 13.6. The first-order valence-electron chi connectivity index (χ1n) is 9.36. The van der Waals surface area contributed by atoms with E-state index in [1.54, 1.807) is 7.11 Å². The summed E-state index contributed by atoms with van der Waals surface area (Å²) in [6.45, 7) is 2.54. The molecule has 0 saturated carbocycles. The molecule has 0 fully saturated rings. The Labute approximate surface area is 170 Å². The van der Waals surface area contributed by atoms with Crippen LogP contribution in [0.2, 0.25) is 5.28 Å². The number of methoxy groups -OCH3 is 1. The Morgan fingerprint density at radius 1 is 1.11 bits per heavy atom. The van der Waals surface area contributed by atoms with Gasteiger partial charge in [0.2, 0.25) is 5.28 Å². The lowest BCUT2D eigenvalue weighted by atomic mass is 9.88. The highest BCUT2D eigenvalue weighted by atomic mass is 35.5. The molecule has 1 aliphatic heterocycles. The highest BCUT2D eigenvalue weighted by Crippen LogP contribution is 2.35. The molecule has 0 radical (unpaired) electrons. The van der Waals surface area contributed by atoms with Gasteiger partial charge in [0.1, 0.15) is 11.6 Å². The fourth-order valence-electron chi connectivity index (χ4n) is 3.77. The summed E-state index contributed by atoms with van der Waals surface area (Å²) in [6.07, 6.45) is 0.954. The summed E-state index contributed by atoms with van der Waals surface area (Å²) < 4.78 is 5.24. The van der Waals surface area contributed by atoms with Gasteiger partial charge in [0, 0.05) is 31.1 Å². The fourth-order valence-corrected chi connectivity index (χ4v) is 3.95. The Balaban J connectivity index is 1.58. The van der Waals surface area contributed by atoms with Crippen molar-refractivity contribution in [1.29, 1.82) is 0 Å². The van der Waals surface area contributed by atoms with Gasteiger partial charge in [-0.1, -0.05) is 42.5 Å². The van der Waals surface area contributed by atoms with Crippen LogP contribution in [0.25, 0.3) is 0 Å². The van der Waals surface area contributed by atoms with E-state index in [0.29, 0.717) is 5.82 Å². The Morgan fingerprint density at radius 2 is 1.86 bits per heavy atom. The Hall–Kier alpha value is -2.63. The molecule has 0 spiro atoms. The Kier molecular flexibility index (Phi) is 5.46. The van der Waals surface area contributed by atoms with Gasteiger partial charge in [0.15, 0.2) is 0 Å². The number of nitrogen functional groups attached to an aromatic ring is 1. The zero-order chi connectivity index (χ0) is 19.5. The Bertz CT molecular complexity index is 947. The third kappa shape index (κ3) is 3.96. The number of halogens is 1. The fraction of sp³-hybridized carbons (Fsp3) is 0.273. The third-order valence-electron chi connectivity index (χ3n) is 5.27. The first-order valence-corrected chi connectivity index (χ1v) is 9.74. The van der Waals surface area contributed by atoms with E-state index in [-0.39, 0.29) is 11.2 Å². The monoisotopic (exact) mass is 394 g/mol. The summed E-state index contributed by atoms with van der Waals surface area (Å²) in [5.41, 5.74) is 10.6. The largest absolute Gasteiger partial charge is 0.497 e. The number of benzene rings is 2. The lowest BCUT2D eigenvalue weighted by molar-refractivity contribution is 0.241. The van der Waals surface area contributed by atoms with Crippen molar-refractivity contribution in [2.45, 2.75) is 18.9 Å². The summed E-state index contributed by atoms with van der Waals surface area (Å²) in [5.74, 6) is 1.48. The van der Waals surface area contributed by atoms with Gasteiger partial charge in [-0.15, -0.1) is 0 Å². The van der Waals surface area contributed by atoms with Crippen LogP contribution in [0, 0.1) is 0 Å².